The van der Waals surface area contributed by atoms with Crippen LogP contribution in [0.4, 0.5) is 5.69 Å². The third-order valence-corrected chi connectivity index (χ3v) is 5.18. The van der Waals surface area contributed by atoms with Crippen LogP contribution in [0, 0.1) is 6.92 Å². The highest BCUT2D eigenvalue weighted by Crippen LogP contribution is 2.24. The normalized spacial score (nSPS) is 10.6. The number of anilines is 1. The number of hydrogen-bond acceptors (Lipinski definition) is 4. The molecule has 34 heavy (non-hydrogen) atoms. The molecule has 1 aromatic heterocycles. The molecule has 0 spiro atoms. The van der Waals surface area contributed by atoms with E-state index in [-0.39, 0.29) is 11.7 Å². The lowest BCUT2D eigenvalue weighted by molar-refractivity contribution is 0.101. The molecule has 0 aliphatic carbocycles. The van der Waals surface area contributed by atoms with Crippen LogP contribution in [-0.2, 0) is 0 Å². The standard InChI is InChI=1S/C28H22N4O2/c1-20-9-8-12-23(19-20)32-27(21-10-4-2-5-11-21)30-26(31-32)28(33)29-22-15-17-25(18-16-22)34-24-13-6-3-7-14-24/h2-19H,1H3,(H,29,33). The molecule has 6 heteroatoms. The minimum Gasteiger partial charge on any atom is -0.457 e. The molecule has 1 N–H and O–H groups in total. The fraction of sp³-hybridized carbons (Fsp3) is 0.0357. The predicted molar refractivity (Wildman–Crippen MR) is 132 cm³/mol. The van der Waals surface area contributed by atoms with Gasteiger partial charge in [-0.3, -0.25) is 4.79 Å². The Morgan fingerprint density at radius 1 is 0.794 bits per heavy atom. The summed E-state index contributed by atoms with van der Waals surface area (Å²) < 4.78 is 7.51. The average molecular weight is 447 g/mol. The van der Waals surface area contributed by atoms with Crippen LogP contribution in [0.5, 0.6) is 11.5 Å². The Morgan fingerprint density at radius 3 is 2.18 bits per heavy atom. The van der Waals surface area contributed by atoms with E-state index < -0.39 is 0 Å². The van der Waals surface area contributed by atoms with Crippen LogP contribution in [-0.4, -0.2) is 20.7 Å². The molecule has 0 aliphatic heterocycles. The number of aryl methyl sites for hydroxylation is 1. The molecule has 1 amide bonds. The summed E-state index contributed by atoms with van der Waals surface area (Å²) in [6.45, 7) is 2.02. The SMILES string of the molecule is Cc1cccc(-n2nc(C(=O)Nc3ccc(Oc4ccccc4)cc3)nc2-c2ccccc2)c1. The van der Waals surface area contributed by atoms with Crippen molar-refractivity contribution in [3.8, 4) is 28.6 Å². The van der Waals surface area contributed by atoms with E-state index in [0.29, 0.717) is 17.3 Å². The monoisotopic (exact) mass is 446 g/mol. The fourth-order valence-electron chi connectivity index (χ4n) is 3.54. The van der Waals surface area contributed by atoms with Crippen LogP contribution >= 0.6 is 0 Å². The van der Waals surface area contributed by atoms with Crippen molar-refractivity contribution in [2.75, 3.05) is 5.32 Å². The molecule has 0 fully saturated rings. The Morgan fingerprint density at radius 2 is 1.47 bits per heavy atom. The number of carbonyl (C=O) groups is 1. The Labute approximate surface area is 197 Å². The van der Waals surface area contributed by atoms with Crippen LogP contribution in [0.2, 0.25) is 0 Å². The molecule has 1 heterocycles. The molecule has 4 aromatic carbocycles. The Hall–Kier alpha value is -4.71. The lowest BCUT2D eigenvalue weighted by atomic mass is 10.2. The maximum absolute atomic E-state index is 13.0. The third-order valence-electron chi connectivity index (χ3n) is 5.18. The number of para-hydroxylation sites is 1. The third kappa shape index (κ3) is 4.71. The number of hydrogen-bond donors (Lipinski definition) is 1. The first-order valence-electron chi connectivity index (χ1n) is 10.9. The minimum absolute atomic E-state index is 0.0879. The number of rotatable bonds is 6. The van der Waals surface area contributed by atoms with E-state index in [0.717, 1.165) is 22.6 Å². The maximum atomic E-state index is 13.0. The molecular formula is C28H22N4O2. The summed E-state index contributed by atoms with van der Waals surface area (Å²) >= 11 is 0. The summed E-state index contributed by atoms with van der Waals surface area (Å²) in [7, 11) is 0. The summed E-state index contributed by atoms with van der Waals surface area (Å²) in [6, 6.07) is 34.3. The fourth-order valence-corrected chi connectivity index (χ4v) is 3.54. The lowest BCUT2D eigenvalue weighted by Crippen LogP contribution is -2.14. The van der Waals surface area contributed by atoms with Gasteiger partial charge in [0.25, 0.3) is 5.91 Å². The van der Waals surface area contributed by atoms with Gasteiger partial charge in [0, 0.05) is 11.3 Å². The zero-order chi connectivity index (χ0) is 23.3. The molecule has 6 nitrogen and oxygen atoms in total. The van der Waals surface area contributed by atoms with Gasteiger partial charge in [-0.25, -0.2) is 9.67 Å². The predicted octanol–water partition coefficient (Wildman–Crippen LogP) is 6.29. The second kappa shape index (κ2) is 9.42. The summed E-state index contributed by atoms with van der Waals surface area (Å²) in [5, 5.41) is 7.41. The zero-order valence-electron chi connectivity index (χ0n) is 18.6. The Balaban J connectivity index is 1.39. The van der Waals surface area contributed by atoms with Crippen molar-refractivity contribution in [2.24, 2.45) is 0 Å². The van der Waals surface area contributed by atoms with E-state index in [4.69, 9.17) is 4.74 Å². The number of benzene rings is 4. The minimum atomic E-state index is -0.389. The smallest absolute Gasteiger partial charge is 0.295 e. The molecule has 0 aliphatic rings. The van der Waals surface area contributed by atoms with Crippen molar-refractivity contribution in [3.63, 3.8) is 0 Å². The number of nitrogens with one attached hydrogen (secondary N) is 1. The van der Waals surface area contributed by atoms with Crippen molar-refractivity contribution in [1.29, 1.82) is 0 Å². The van der Waals surface area contributed by atoms with Crippen LogP contribution in [0.3, 0.4) is 0 Å². The zero-order valence-corrected chi connectivity index (χ0v) is 18.6. The van der Waals surface area contributed by atoms with Crippen molar-refractivity contribution < 1.29 is 9.53 Å². The molecule has 0 unspecified atom stereocenters. The second-order valence-electron chi connectivity index (χ2n) is 7.77. The van der Waals surface area contributed by atoms with E-state index in [1.165, 1.54) is 0 Å². The van der Waals surface area contributed by atoms with Gasteiger partial charge < -0.3 is 10.1 Å². The molecule has 5 rings (SSSR count). The van der Waals surface area contributed by atoms with E-state index in [1.807, 2.05) is 91.9 Å². The summed E-state index contributed by atoms with van der Waals surface area (Å²) in [5.74, 6) is 1.73. The van der Waals surface area contributed by atoms with E-state index in [1.54, 1.807) is 28.9 Å². The maximum Gasteiger partial charge on any atom is 0.295 e. The van der Waals surface area contributed by atoms with Gasteiger partial charge in [-0.2, -0.15) is 0 Å². The molecule has 166 valence electrons. The quantitative estimate of drug-likeness (QED) is 0.333. The van der Waals surface area contributed by atoms with Gasteiger partial charge in [0.2, 0.25) is 5.82 Å². The van der Waals surface area contributed by atoms with Crippen LogP contribution in [0.15, 0.2) is 109 Å². The number of carbonyl (C=O) groups excluding carboxylic acids is 1. The summed E-state index contributed by atoms with van der Waals surface area (Å²) in [6.07, 6.45) is 0. The topological polar surface area (TPSA) is 69.0 Å². The van der Waals surface area contributed by atoms with Gasteiger partial charge >= 0.3 is 0 Å². The summed E-state index contributed by atoms with van der Waals surface area (Å²) in [4.78, 5) is 17.6. The highest BCUT2D eigenvalue weighted by atomic mass is 16.5. The van der Waals surface area contributed by atoms with Gasteiger partial charge in [-0.15, -0.1) is 5.10 Å². The second-order valence-corrected chi connectivity index (χ2v) is 7.77. The molecule has 0 radical (unpaired) electrons. The molecule has 5 aromatic rings. The van der Waals surface area contributed by atoms with E-state index >= 15 is 0 Å². The van der Waals surface area contributed by atoms with Gasteiger partial charge in [0.1, 0.15) is 11.5 Å². The van der Waals surface area contributed by atoms with Gasteiger partial charge in [0.15, 0.2) is 5.82 Å². The van der Waals surface area contributed by atoms with E-state index in [2.05, 4.69) is 15.4 Å². The van der Waals surface area contributed by atoms with Gasteiger partial charge in [-0.1, -0.05) is 60.7 Å². The Bertz CT molecular complexity index is 1410. The first-order valence-corrected chi connectivity index (χ1v) is 10.9. The first-order chi connectivity index (χ1) is 16.7. The molecule has 0 atom stereocenters. The van der Waals surface area contributed by atoms with E-state index in [9.17, 15) is 4.79 Å². The van der Waals surface area contributed by atoms with Gasteiger partial charge in [-0.05, 0) is 61.0 Å². The van der Waals surface area contributed by atoms with Gasteiger partial charge in [0.05, 0.1) is 5.69 Å². The average Bonchev–Trinajstić information content (AvgIpc) is 3.32. The van der Waals surface area contributed by atoms with Crippen molar-refractivity contribution in [2.45, 2.75) is 6.92 Å². The number of amides is 1. The Kier molecular flexibility index (Phi) is 5.86. The highest BCUT2D eigenvalue weighted by molar-refractivity contribution is 6.01. The highest BCUT2D eigenvalue weighted by Gasteiger charge is 2.19. The van der Waals surface area contributed by atoms with Crippen LogP contribution in [0.25, 0.3) is 17.1 Å². The number of ether oxygens (including phenoxy) is 1. The first kappa shape index (κ1) is 21.2. The molecule has 0 bridgehead atoms. The summed E-state index contributed by atoms with van der Waals surface area (Å²) in [5.41, 5.74) is 3.43. The van der Waals surface area contributed by atoms with Crippen molar-refractivity contribution in [1.82, 2.24) is 14.8 Å². The largest absolute Gasteiger partial charge is 0.457 e. The van der Waals surface area contributed by atoms with Crippen LogP contribution < -0.4 is 10.1 Å². The lowest BCUT2D eigenvalue weighted by Gasteiger charge is -2.07. The van der Waals surface area contributed by atoms with Crippen molar-refractivity contribution >= 4 is 11.6 Å². The number of nitrogens with zero attached hydrogens (tertiary/aromatic N) is 3. The molecular weight excluding hydrogens is 424 g/mol. The molecule has 0 saturated carbocycles. The molecule has 0 saturated heterocycles. The van der Waals surface area contributed by atoms with Crippen LogP contribution in [0.1, 0.15) is 16.2 Å². The van der Waals surface area contributed by atoms with Crippen molar-refractivity contribution in [3.05, 3.63) is 121 Å². The number of aromatic nitrogens is 3.